The summed E-state index contributed by atoms with van der Waals surface area (Å²) in [7, 11) is 0. The summed E-state index contributed by atoms with van der Waals surface area (Å²) in [5.41, 5.74) is 7.04. The minimum atomic E-state index is -0.639. The summed E-state index contributed by atoms with van der Waals surface area (Å²) in [6.07, 6.45) is 0.0760. The molecule has 128 valence electrons. The molecule has 1 aliphatic heterocycles. The van der Waals surface area contributed by atoms with Gasteiger partial charge in [0.05, 0.1) is 24.7 Å². The van der Waals surface area contributed by atoms with Gasteiger partial charge in [-0.15, -0.1) is 0 Å². The van der Waals surface area contributed by atoms with Crippen LogP contribution in [0.3, 0.4) is 0 Å². The Labute approximate surface area is 138 Å². The van der Waals surface area contributed by atoms with Gasteiger partial charge in [-0.05, 0) is 12.0 Å². The van der Waals surface area contributed by atoms with E-state index in [2.05, 4.69) is 13.8 Å². The second kappa shape index (κ2) is 8.43. The van der Waals surface area contributed by atoms with Gasteiger partial charge >= 0.3 is 5.97 Å². The van der Waals surface area contributed by atoms with Crippen LogP contribution in [-0.2, 0) is 25.6 Å². The first-order valence-corrected chi connectivity index (χ1v) is 8.25. The number of hydrogen-bond acceptors (Lipinski definition) is 5. The molecule has 0 amide bonds. The fraction of sp³-hybridized carbons (Fsp3) is 0.611. The summed E-state index contributed by atoms with van der Waals surface area (Å²) >= 11 is 0. The molecule has 1 aliphatic rings. The molecule has 1 unspecified atom stereocenters. The van der Waals surface area contributed by atoms with E-state index in [1.807, 2.05) is 30.3 Å². The molecule has 5 atom stereocenters. The molecule has 5 nitrogen and oxygen atoms in total. The zero-order valence-corrected chi connectivity index (χ0v) is 14.1. The molecule has 0 aromatic heterocycles. The molecule has 1 saturated heterocycles. The fourth-order valence-corrected chi connectivity index (χ4v) is 3.19. The fourth-order valence-electron chi connectivity index (χ4n) is 3.19. The van der Waals surface area contributed by atoms with Crippen molar-refractivity contribution in [1.29, 1.82) is 0 Å². The van der Waals surface area contributed by atoms with Crippen LogP contribution >= 0.6 is 0 Å². The van der Waals surface area contributed by atoms with Gasteiger partial charge in [0.2, 0.25) is 6.29 Å². The number of carbonyl (C=O) groups is 1. The van der Waals surface area contributed by atoms with Crippen molar-refractivity contribution >= 4 is 5.97 Å². The predicted octanol–water partition coefficient (Wildman–Crippen LogP) is 2.48. The summed E-state index contributed by atoms with van der Waals surface area (Å²) < 4.78 is 17.5. The van der Waals surface area contributed by atoms with Crippen molar-refractivity contribution in [2.45, 2.75) is 52.3 Å². The van der Waals surface area contributed by atoms with E-state index in [0.29, 0.717) is 13.2 Å². The van der Waals surface area contributed by atoms with E-state index in [-0.39, 0.29) is 30.0 Å². The maximum Gasteiger partial charge on any atom is 0.304 e. The predicted molar refractivity (Wildman–Crippen MR) is 87.4 cm³/mol. The minimum absolute atomic E-state index is 0.0112. The number of hydrogen-bond donors (Lipinski definition) is 1. The van der Waals surface area contributed by atoms with Gasteiger partial charge in [0.1, 0.15) is 0 Å². The van der Waals surface area contributed by atoms with Crippen molar-refractivity contribution in [2.24, 2.45) is 17.6 Å². The molecular weight excluding hydrogens is 294 g/mol. The zero-order chi connectivity index (χ0) is 16.8. The Morgan fingerprint density at radius 1 is 1.30 bits per heavy atom. The first-order valence-electron chi connectivity index (χ1n) is 8.25. The average Bonchev–Trinajstić information content (AvgIpc) is 2.55. The van der Waals surface area contributed by atoms with Crippen LogP contribution in [0.5, 0.6) is 0 Å². The van der Waals surface area contributed by atoms with Crippen molar-refractivity contribution in [3.8, 4) is 0 Å². The second-order valence-corrected chi connectivity index (χ2v) is 6.08. The lowest BCUT2D eigenvalue weighted by molar-refractivity contribution is -0.264. The lowest BCUT2D eigenvalue weighted by Crippen LogP contribution is -2.54. The van der Waals surface area contributed by atoms with Gasteiger partial charge in [0, 0.05) is 19.4 Å². The van der Waals surface area contributed by atoms with Crippen molar-refractivity contribution in [3.05, 3.63) is 35.9 Å². The van der Waals surface area contributed by atoms with E-state index in [1.165, 1.54) is 6.92 Å². The molecule has 0 spiro atoms. The smallest absolute Gasteiger partial charge is 0.304 e. The van der Waals surface area contributed by atoms with Gasteiger partial charge in [0.25, 0.3) is 0 Å². The third-order valence-corrected chi connectivity index (χ3v) is 4.43. The molecule has 0 aliphatic carbocycles. The summed E-state index contributed by atoms with van der Waals surface area (Å²) in [5, 5.41) is 0. The number of benzene rings is 1. The van der Waals surface area contributed by atoms with Gasteiger partial charge in [0.15, 0.2) is 0 Å². The topological polar surface area (TPSA) is 70.8 Å². The van der Waals surface area contributed by atoms with Gasteiger partial charge in [-0.1, -0.05) is 44.2 Å². The molecule has 2 rings (SSSR count). The van der Waals surface area contributed by atoms with Crippen LogP contribution in [0.2, 0.25) is 0 Å². The van der Waals surface area contributed by atoms with Crippen LogP contribution in [-0.4, -0.2) is 31.0 Å². The third kappa shape index (κ3) is 4.53. The van der Waals surface area contributed by atoms with E-state index in [4.69, 9.17) is 19.9 Å². The van der Waals surface area contributed by atoms with Crippen LogP contribution in [0.4, 0.5) is 0 Å². The molecule has 0 bridgehead atoms. The maximum atomic E-state index is 11.4. The number of rotatable bonds is 6. The molecule has 0 saturated carbocycles. The Morgan fingerprint density at radius 2 is 2.00 bits per heavy atom. The highest BCUT2D eigenvalue weighted by Gasteiger charge is 2.44. The largest absolute Gasteiger partial charge is 0.435 e. The van der Waals surface area contributed by atoms with E-state index in [0.717, 1.165) is 12.0 Å². The lowest BCUT2D eigenvalue weighted by atomic mass is 9.83. The number of esters is 1. The van der Waals surface area contributed by atoms with E-state index < -0.39 is 6.29 Å². The summed E-state index contributed by atoms with van der Waals surface area (Å²) in [4.78, 5) is 11.4. The molecule has 23 heavy (non-hydrogen) atoms. The Morgan fingerprint density at radius 3 is 2.57 bits per heavy atom. The minimum Gasteiger partial charge on any atom is -0.435 e. The van der Waals surface area contributed by atoms with Crippen LogP contribution < -0.4 is 5.73 Å². The average molecular weight is 321 g/mol. The molecular formula is C18H27NO4. The van der Waals surface area contributed by atoms with Gasteiger partial charge in [-0.3, -0.25) is 4.79 Å². The first-order chi connectivity index (χ1) is 11.1. The molecule has 5 heteroatoms. The summed E-state index contributed by atoms with van der Waals surface area (Å²) in [6.45, 7) is 6.41. The van der Waals surface area contributed by atoms with Crippen molar-refractivity contribution < 1.29 is 19.0 Å². The standard InChI is InChI=1S/C18H27NO4/c1-4-16-12(2)17(21-11-14-8-6-5-7-9-14)15(10-19)18(23-16)22-13(3)20/h5-9,12,15-18H,4,10-11,19H2,1-3H3/t12-,15+,16+,17-,18?/m0/s1. The molecule has 1 aromatic carbocycles. The molecule has 1 fully saturated rings. The van der Waals surface area contributed by atoms with Crippen LogP contribution in [0.1, 0.15) is 32.8 Å². The van der Waals surface area contributed by atoms with Crippen molar-refractivity contribution in [1.82, 2.24) is 0 Å². The van der Waals surface area contributed by atoms with Gasteiger partial charge in [-0.25, -0.2) is 0 Å². The normalized spacial score (nSPS) is 30.9. The molecule has 0 radical (unpaired) electrons. The Balaban J connectivity index is 2.12. The monoisotopic (exact) mass is 321 g/mol. The lowest BCUT2D eigenvalue weighted by Gasteiger charge is -2.44. The van der Waals surface area contributed by atoms with E-state index in [9.17, 15) is 4.79 Å². The summed E-state index contributed by atoms with van der Waals surface area (Å²) in [6, 6.07) is 10.0. The quantitative estimate of drug-likeness (QED) is 0.815. The van der Waals surface area contributed by atoms with Crippen LogP contribution in [0.15, 0.2) is 30.3 Å². The second-order valence-electron chi connectivity index (χ2n) is 6.08. The highest BCUT2D eigenvalue weighted by atomic mass is 16.7. The molecule has 2 N–H and O–H groups in total. The van der Waals surface area contributed by atoms with Gasteiger partial charge < -0.3 is 19.9 Å². The van der Waals surface area contributed by atoms with Gasteiger partial charge in [-0.2, -0.15) is 0 Å². The number of nitrogens with two attached hydrogens (primary N) is 1. The van der Waals surface area contributed by atoms with Crippen molar-refractivity contribution in [3.63, 3.8) is 0 Å². The Bertz CT molecular complexity index is 493. The van der Waals surface area contributed by atoms with Crippen LogP contribution in [0, 0.1) is 11.8 Å². The van der Waals surface area contributed by atoms with E-state index >= 15 is 0 Å². The Hall–Kier alpha value is -1.43. The SMILES string of the molecule is CC[C@H]1OC(OC(C)=O)[C@H](CN)[C@@H](OCc2ccccc2)[C@H]1C. The molecule has 1 heterocycles. The Kier molecular flexibility index (Phi) is 6.57. The third-order valence-electron chi connectivity index (χ3n) is 4.43. The number of carbonyl (C=O) groups excluding carboxylic acids is 1. The number of ether oxygens (including phenoxy) is 3. The zero-order valence-electron chi connectivity index (χ0n) is 14.1. The van der Waals surface area contributed by atoms with E-state index in [1.54, 1.807) is 0 Å². The highest BCUT2D eigenvalue weighted by molar-refractivity contribution is 5.66. The van der Waals surface area contributed by atoms with Crippen LogP contribution in [0.25, 0.3) is 0 Å². The maximum absolute atomic E-state index is 11.4. The highest BCUT2D eigenvalue weighted by Crippen LogP contribution is 2.34. The van der Waals surface area contributed by atoms with Crippen molar-refractivity contribution in [2.75, 3.05) is 6.54 Å². The molecule has 1 aromatic rings. The summed E-state index contributed by atoms with van der Waals surface area (Å²) in [5.74, 6) is -0.343. The first kappa shape index (κ1) is 17.9.